The number of sulfonamides is 1. The van der Waals surface area contributed by atoms with Gasteiger partial charge < -0.3 is 4.74 Å². The fourth-order valence-corrected chi connectivity index (χ4v) is 2.29. The van der Waals surface area contributed by atoms with Gasteiger partial charge in [-0.15, -0.1) is 0 Å². The second-order valence-electron chi connectivity index (χ2n) is 3.42. The standard InChI is InChI=1S/C9H15N3O4S/c1-4-16-9(13)7-12(3)17(14,15)8-5-10-11(2)6-8/h5-6H,4,7H2,1-3H3. The Kier molecular flexibility index (Phi) is 4.24. The third-order valence-corrected chi connectivity index (χ3v) is 3.80. The fourth-order valence-electron chi connectivity index (χ4n) is 1.19. The number of hydrogen-bond donors (Lipinski definition) is 0. The van der Waals surface area contributed by atoms with Crippen molar-refractivity contribution in [2.45, 2.75) is 11.8 Å². The predicted molar refractivity (Wildman–Crippen MR) is 59.7 cm³/mol. The Bertz CT molecular complexity index is 494. The van der Waals surface area contributed by atoms with Gasteiger partial charge in [0.15, 0.2) is 0 Å². The molecule has 96 valence electrons. The van der Waals surface area contributed by atoms with E-state index in [2.05, 4.69) is 9.84 Å². The molecule has 1 aromatic rings. The van der Waals surface area contributed by atoms with Crippen molar-refractivity contribution in [3.8, 4) is 0 Å². The molecule has 0 spiro atoms. The molecule has 0 unspecified atom stereocenters. The molecule has 0 bridgehead atoms. The molecule has 7 nitrogen and oxygen atoms in total. The van der Waals surface area contributed by atoms with Crippen molar-refractivity contribution in [3.05, 3.63) is 12.4 Å². The minimum absolute atomic E-state index is 0.0480. The summed E-state index contributed by atoms with van der Waals surface area (Å²) >= 11 is 0. The van der Waals surface area contributed by atoms with Gasteiger partial charge in [0.1, 0.15) is 11.4 Å². The van der Waals surface area contributed by atoms with E-state index in [0.29, 0.717) is 0 Å². The number of nitrogens with zero attached hydrogens (tertiary/aromatic N) is 3. The van der Waals surface area contributed by atoms with Gasteiger partial charge in [0.25, 0.3) is 0 Å². The number of esters is 1. The summed E-state index contributed by atoms with van der Waals surface area (Å²) in [5, 5.41) is 3.78. The van der Waals surface area contributed by atoms with Crippen LogP contribution in [0.2, 0.25) is 0 Å². The lowest BCUT2D eigenvalue weighted by Crippen LogP contribution is -2.32. The minimum Gasteiger partial charge on any atom is -0.465 e. The molecule has 1 aromatic heterocycles. The molecule has 17 heavy (non-hydrogen) atoms. The first kappa shape index (κ1) is 13.7. The van der Waals surface area contributed by atoms with E-state index in [1.54, 1.807) is 14.0 Å². The lowest BCUT2D eigenvalue weighted by molar-refractivity contribution is -0.143. The van der Waals surface area contributed by atoms with Crippen molar-refractivity contribution in [3.63, 3.8) is 0 Å². The zero-order chi connectivity index (χ0) is 13.1. The lowest BCUT2D eigenvalue weighted by Gasteiger charge is -2.14. The van der Waals surface area contributed by atoms with Crippen LogP contribution in [-0.2, 0) is 26.6 Å². The van der Waals surface area contributed by atoms with Crippen molar-refractivity contribution >= 4 is 16.0 Å². The molecule has 0 amide bonds. The molecular weight excluding hydrogens is 246 g/mol. The second-order valence-corrected chi connectivity index (χ2v) is 5.46. The van der Waals surface area contributed by atoms with Crippen LogP contribution in [0.4, 0.5) is 0 Å². The molecule has 0 aliphatic carbocycles. The SMILES string of the molecule is CCOC(=O)CN(C)S(=O)(=O)c1cnn(C)c1. The van der Waals surface area contributed by atoms with Crippen LogP contribution < -0.4 is 0 Å². The Hall–Kier alpha value is -1.41. The number of carbonyl (C=O) groups is 1. The zero-order valence-corrected chi connectivity index (χ0v) is 10.8. The predicted octanol–water partition coefficient (Wildman–Crippen LogP) is -0.396. The largest absolute Gasteiger partial charge is 0.465 e. The molecule has 8 heteroatoms. The Morgan fingerprint density at radius 2 is 2.24 bits per heavy atom. The molecule has 0 atom stereocenters. The van der Waals surface area contributed by atoms with Crippen LogP contribution in [0.1, 0.15) is 6.92 Å². The Morgan fingerprint density at radius 1 is 1.59 bits per heavy atom. The van der Waals surface area contributed by atoms with Gasteiger partial charge in [-0.05, 0) is 6.92 Å². The summed E-state index contributed by atoms with van der Waals surface area (Å²) in [6, 6.07) is 0. The molecule has 0 N–H and O–H groups in total. The number of carbonyl (C=O) groups excluding carboxylic acids is 1. The van der Waals surface area contributed by atoms with Crippen molar-refractivity contribution in [1.82, 2.24) is 14.1 Å². The van der Waals surface area contributed by atoms with Crippen LogP contribution >= 0.6 is 0 Å². The molecule has 1 rings (SSSR count). The van der Waals surface area contributed by atoms with E-state index in [0.717, 1.165) is 4.31 Å². The first-order valence-electron chi connectivity index (χ1n) is 4.98. The number of likely N-dealkylation sites (N-methyl/N-ethyl adjacent to an activating group) is 1. The second kappa shape index (κ2) is 5.28. The average molecular weight is 261 g/mol. The van der Waals surface area contributed by atoms with Crippen molar-refractivity contribution < 1.29 is 17.9 Å². The van der Waals surface area contributed by atoms with Crippen LogP contribution in [0.25, 0.3) is 0 Å². The van der Waals surface area contributed by atoms with Gasteiger partial charge in [0, 0.05) is 20.3 Å². The first-order chi connectivity index (χ1) is 7.87. The molecular formula is C9H15N3O4S. The average Bonchev–Trinajstić information content (AvgIpc) is 2.65. The minimum atomic E-state index is -3.68. The van der Waals surface area contributed by atoms with E-state index in [1.807, 2.05) is 0 Å². The van der Waals surface area contributed by atoms with E-state index in [-0.39, 0.29) is 18.0 Å². The van der Waals surface area contributed by atoms with Gasteiger partial charge in [-0.1, -0.05) is 0 Å². The highest BCUT2D eigenvalue weighted by molar-refractivity contribution is 7.89. The van der Waals surface area contributed by atoms with Crippen LogP contribution in [0.5, 0.6) is 0 Å². The molecule has 0 saturated heterocycles. The number of aromatic nitrogens is 2. The van der Waals surface area contributed by atoms with Crippen molar-refractivity contribution in [2.75, 3.05) is 20.2 Å². The number of aryl methyl sites for hydroxylation is 1. The Balaban J connectivity index is 2.81. The highest BCUT2D eigenvalue weighted by atomic mass is 32.2. The third kappa shape index (κ3) is 3.27. The Labute approximate surface area is 100 Å². The maximum atomic E-state index is 12.0. The topological polar surface area (TPSA) is 81.5 Å². The maximum Gasteiger partial charge on any atom is 0.321 e. The zero-order valence-electron chi connectivity index (χ0n) is 9.95. The summed E-state index contributed by atoms with van der Waals surface area (Å²) in [5.41, 5.74) is 0. The van der Waals surface area contributed by atoms with Gasteiger partial charge in [-0.2, -0.15) is 9.40 Å². The quantitative estimate of drug-likeness (QED) is 0.674. The molecule has 0 fully saturated rings. The summed E-state index contributed by atoms with van der Waals surface area (Å²) in [6.07, 6.45) is 2.61. The number of ether oxygens (including phenoxy) is 1. The van der Waals surface area contributed by atoms with E-state index in [4.69, 9.17) is 0 Å². The van der Waals surface area contributed by atoms with E-state index >= 15 is 0 Å². The summed E-state index contributed by atoms with van der Waals surface area (Å²) in [5.74, 6) is -0.581. The number of hydrogen-bond acceptors (Lipinski definition) is 5. The number of rotatable bonds is 5. The monoisotopic (exact) mass is 261 g/mol. The van der Waals surface area contributed by atoms with Crippen LogP contribution in [0, 0.1) is 0 Å². The van der Waals surface area contributed by atoms with E-state index in [9.17, 15) is 13.2 Å². The Morgan fingerprint density at radius 3 is 2.71 bits per heavy atom. The van der Waals surface area contributed by atoms with Crippen LogP contribution in [0.3, 0.4) is 0 Å². The maximum absolute atomic E-state index is 12.0. The first-order valence-corrected chi connectivity index (χ1v) is 6.42. The fraction of sp³-hybridized carbons (Fsp3) is 0.556. The van der Waals surface area contributed by atoms with Gasteiger partial charge in [-0.3, -0.25) is 9.48 Å². The highest BCUT2D eigenvalue weighted by Crippen LogP contribution is 2.12. The van der Waals surface area contributed by atoms with Crippen LogP contribution in [-0.4, -0.2) is 48.7 Å². The smallest absolute Gasteiger partial charge is 0.321 e. The lowest BCUT2D eigenvalue weighted by atomic mass is 10.6. The van der Waals surface area contributed by atoms with Crippen LogP contribution in [0.15, 0.2) is 17.3 Å². The summed E-state index contributed by atoms with van der Waals surface area (Å²) in [7, 11) is -0.748. The molecule has 0 aliphatic rings. The molecule has 0 saturated carbocycles. The summed E-state index contributed by atoms with van der Waals surface area (Å²) < 4.78 is 30.9. The van der Waals surface area contributed by atoms with Gasteiger partial charge in [0.2, 0.25) is 10.0 Å². The van der Waals surface area contributed by atoms with Gasteiger partial charge in [0.05, 0.1) is 12.8 Å². The highest BCUT2D eigenvalue weighted by Gasteiger charge is 2.24. The van der Waals surface area contributed by atoms with Gasteiger partial charge in [-0.25, -0.2) is 8.42 Å². The third-order valence-electron chi connectivity index (χ3n) is 2.05. The van der Waals surface area contributed by atoms with E-state index in [1.165, 1.54) is 24.1 Å². The van der Waals surface area contributed by atoms with Crippen molar-refractivity contribution in [1.29, 1.82) is 0 Å². The van der Waals surface area contributed by atoms with Gasteiger partial charge >= 0.3 is 5.97 Å². The normalized spacial score (nSPS) is 11.8. The molecule has 0 radical (unpaired) electrons. The summed E-state index contributed by atoms with van der Waals surface area (Å²) in [6.45, 7) is 1.57. The summed E-state index contributed by atoms with van der Waals surface area (Å²) in [4.78, 5) is 11.2. The van der Waals surface area contributed by atoms with Crippen molar-refractivity contribution in [2.24, 2.45) is 7.05 Å². The molecule has 0 aromatic carbocycles. The molecule has 0 aliphatic heterocycles. The van der Waals surface area contributed by atoms with E-state index < -0.39 is 16.0 Å². The molecule has 1 heterocycles.